The van der Waals surface area contributed by atoms with Crippen molar-refractivity contribution in [2.24, 2.45) is 0 Å². The lowest BCUT2D eigenvalue weighted by Gasteiger charge is -2.26. The molecule has 2 heterocycles. The lowest BCUT2D eigenvalue weighted by atomic mass is 10.3. The number of anilines is 2. The van der Waals surface area contributed by atoms with E-state index in [1.165, 1.54) is 0 Å². The standard InChI is InChI=1S/C14H22F3N5O2/c15-14(16,17)11-10-12(21-13(20-11)19-2-1-7-23)18-3-4-22-5-8-24-9-6-22/h10,23H,1-9H2,(H2,18,19,20,21). The summed E-state index contributed by atoms with van der Waals surface area (Å²) < 4.78 is 44.1. The molecule has 0 amide bonds. The van der Waals surface area contributed by atoms with Crippen LogP contribution in [0.3, 0.4) is 0 Å². The average molecular weight is 349 g/mol. The zero-order valence-electron chi connectivity index (χ0n) is 13.3. The number of rotatable bonds is 8. The molecule has 0 atom stereocenters. The summed E-state index contributed by atoms with van der Waals surface area (Å²) in [5.41, 5.74) is -1.00. The van der Waals surface area contributed by atoms with E-state index in [4.69, 9.17) is 9.84 Å². The number of hydrogen-bond donors (Lipinski definition) is 3. The molecule has 0 bridgehead atoms. The Labute approximate surface area is 138 Å². The van der Waals surface area contributed by atoms with Gasteiger partial charge in [-0.05, 0) is 6.42 Å². The maximum atomic E-state index is 12.9. The summed E-state index contributed by atoms with van der Waals surface area (Å²) in [5, 5.41) is 14.3. The Hall–Kier alpha value is -1.65. The van der Waals surface area contributed by atoms with Gasteiger partial charge >= 0.3 is 6.18 Å². The van der Waals surface area contributed by atoms with E-state index in [0.29, 0.717) is 39.3 Å². The highest BCUT2D eigenvalue weighted by Gasteiger charge is 2.33. The van der Waals surface area contributed by atoms with Crippen molar-refractivity contribution in [1.29, 1.82) is 0 Å². The van der Waals surface area contributed by atoms with Gasteiger partial charge < -0.3 is 20.5 Å². The van der Waals surface area contributed by atoms with Gasteiger partial charge in [-0.2, -0.15) is 18.2 Å². The van der Waals surface area contributed by atoms with E-state index in [9.17, 15) is 13.2 Å². The Morgan fingerprint density at radius 2 is 1.92 bits per heavy atom. The fourth-order valence-corrected chi connectivity index (χ4v) is 2.21. The van der Waals surface area contributed by atoms with E-state index in [1.54, 1.807) is 0 Å². The second-order valence-electron chi connectivity index (χ2n) is 5.34. The van der Waals surface area contributed by atoms with Crippen LogP contribution in [0.25, 0.3) is 0 Å². The predicted molar refractivity (Wildman–Crippen MR) is 83.0 cm³/mol. The van der Waals surface area contributed by atoms with Crippen LogP contribution < -0.4 is 10.6 Å². The Bertz CT molecular complexity index is 510. The van der Waals surface area contributed by atoms with Gasteiger partial charge in [0.1, 0.15) is 5.82 Å². The molecule has 24 heavy (non-hydrogen) atoms. The van der Waals surface area contributed by atoms with Crippen LogP contribution in [0, 0.1) is 0 Å². The lowest BCUT2D eigenvalue weighted by Crippen LogP contribution is -2.39. The Morgan fingerprint density at radius 3 is 2.58 bits per heavy atom. The van der Waals surface area contributed by atoms with Gasteiger partial charge in [-0.15, -0.1) is 0 Å². The van der Waals surface area contributed by atoms with Crippen molar-refractivity contribution in [3.8, 4) is 0 Å². The van der Waals surface area contributed by atoms with Crippen molar-refractivity contribution in [3.05, 3.63) is 11.8 Å². The summed E-state index contributed by atoms with van der Waals surface area (Å²) in [7, 11) is 0. The van der Waals surface area contributed by atoms with Crippen LogP contribution in [0.4, 0.5) is 24.9 Å². The molecule has 1 fully saturated rings. The second-order valence-corrected chi connectivity index (χ2v) is 5.34. The van der Waals surface area contributed by atoms with Crippen molar-refractivity contribution < 1.29 is 23.0 Å². The molecule has 10 heteroatoms. The number of morpholine rings is 1. The molecule has 0 aliphatic carbocycles. The van der Waals surface area contributed by atoms with Crippen molar-refractivity contribution in [3.63, 3.8) is 0 Å². The third kappa shape index (κ3) is 6.10. The first-order valence-corrected chi connectivity index (χ1v) is 7.84. The summed E-state index contributed by atoms with van der Waals surface area (Å²) in [4.78, 5) is 9.69. The SMILES string of the molecule is OCCCNc1nc(NCCN2CCOCC2)cc(C(F)(F)F)n1. The highest BCUT2D eigenvalue weighted by atomic mass is 19.4. The van der Waals surface area contributed by atoms with Gasteiger partial charge in [0.2, 0.25) is 5.95 Å². The molecule has 1 aromatic heterocycles. The third-order valence-corrected chi connectivity index (χ3v) is 3.47. The lowest BCUT2D eigenvalue weighted by molar-refractivity contribution is -0.141. The monoisotopic (exact) mass is 349 g/mol. The molecule has 0 aromatic carbocycles. The predicted octanol–water partition coefficient (Wildman–Crippen LogP) is 1.03. The van der Waals surface area contributed by atoms with Crippen molar-refractivity contribution >= 4 is 11.8 Å². The fraction of sp³-hybridized carbons (Fsp3) is 0.714. The molecule has 1 aromatic rings. The first kappa shape index (κ1) is 18.7. The van der Waals surface area contributed by atoms with Gasteiger partial charge in [-0.1, -0.05) is 0 Å². The highest BCUT2D eigenvalue weighted by molar-refractivity contribution is 5.43. The molecule has 0 radical (unpaired) electrons. The maximum absolute atomic E-state index is 12.9. The molecule has 3 N–H and O–H groups in total. The molecule has 1 aliphatic rings. The number of alkyl halides is 3. The van der Waals surface area contributed by atoms with Crippen LogP contribution in [0.5, 0.6) is 0 Å². The number of aromatic nitrogens is 2. The van der Waals surface area contributed by atoms with Crippen LogP contribution in [0.1, 0.15) is 12.1 Å². The molecule has 1 aliphatic heterocycles. The van der Waals surface area contributed by atoms with Gasteiger partial charge in [0.15, 0.2) is 5.69 Å². The molecule has 2 rings (SSSR count). The normalized spacial score (nSPS) is 16.2. The van der Waals surface area contributed by atoms with Crippen LogP contribution in [0.2, 0.25) is 0 Å². The zero-order chi connectivity index (χ0) is 17.4. The maximum Gasteiger partial charge on any atom is 0.433 e. The van der Waals surface area contributed by atoms with E-state index in [0.717, 1.165) is 19.2 Å². The zero-order valence-corrected chi connectivity index (χ0v) is 13.3. The second kappa shape index (κ2) is 9.00. The minimum atomic E-state index is -4.54. The van der Waals surface area contributed by atoms with E-state index in [-0.39, 0.29) is 18.4 Å². The highest BCUT2D eigenvalue weighted by Crippen LogP contribution is 2.29. The largest absolute Gasteiger partial charge is 0.433 e. The molecule has 1 saturated heterocycles. The van der Waals surface area contributed by atoms with Crippen LogP contribution in [-0.4, -0.2) is 72.5 Å². The van der Waals surface area contributed by atoms with Gasteiger partial charge in [0.05, 0.1) is 13.2 Å². The number of halogens is 3. The minimum absolute atomic E-state index is 0.0589. The number of nitrogens with one attached hydrogen (secondary N) is 2. The smallest absolute Gasteiger partial charge is 0.396 e. The van der Waals surface area contributed by atoms with Crippen LogP contribution in [-0.2, 0) is 10.9 Å². The van der Waals surface area contributed by atoms with E-state index in [2.05, 4.69) is 25.5 Å². The molecular weight excluding hydrogens is 327 g/mol. The molecule has 0 spiro atoms. The Morgan fingerprint density at radius 1 is 1.17 bits per heavy atom. The molecule has 0 saturated carbocycles. The fourth-order valence-electron chi connectivity index (χ4n) is 2.21. The summed E-state index contributed by atoms with van der Waals surface area (Å²) in [5.74, 6) is 0.0178. The van der Waals surface area contributed by atoms with E-state index in [1.807, 2.05) is 0 Å². The minimum Gasteiger partial charge on any atom is -0.396 e. The van der Waals surface area contributed by atoms with Gasteiger partial charge in [-0.3, -0.25) is 4.90 Å². The van der Waals surface area contributed by atoms with E-state index < -0.39 is 11.9 Å². The van der Waals surface area contributed by atoms with Crippen molar-refractivity contribution in [2.75, 3.05) is 63.2 Å². The molecular formula is C14H22F3N5O2. The summed E-state index contributed by atoms with van der Waals surface area (Å²) >= 11 is 0. The third-order valence-electron chi connectivity index (χ3n) is 3.47. The average Bonchev–Trinajstić information content (AvgIpc) is 2.55. The summed E-state index contributed by atoms with van der Waals surface area (Å²) in [6.07, 6.45) is -4.14. The summed E-state index contributed by atoms with van der Waals surface area (Å²) in [6.45, 7) is 4.38. The summed E-state index contributed by atoms with van der Waals surface area (Å²) in [6, 6.07) is 0.899. The number of aliphatic hydroxyl groups excluding tert-OH is 1. The van der Waals surface area contributed by atoms with Crippen LogP contribution >= 0.6 is 0 Å². The number of aliphatic hydroxyl groups is 1. The quantitative estimate of drug-likeness (QED) is 0.605. The Balaban J connectivity index is 1.96. The van der Waals surface area contributed by atoms with Gasteiger partial charge in [0.25, 0.3) is 0 Å². The van der Waals surface area contributed by atoms with Crippen LogP contribution in [0.15, 0.2) is 6.07 Å². The first-order valence-electron chi connectivity index (χ1n) is 7.84. The molecule has 0 unspecified atom stereocenters. The molecule has 7 nitrogen and oxygen atoms in total. The number of hydrogen-bond acceptors (Lipinski definition) is 7. The molecule has 136 valence electrons. The number of ether oxygens (including phenoxy) is 1. The van der Waals surface area contributed by atoms with E-state index >= 15 is 0 Å². The Kier molecular flexibility index (Phi) is 7.00. The topological polar surface area (TPSA) is 82.5 Å². The number of nitrogens with zero attached hydrogens (tertiary/aromatic N) is 3. The first-order chi connectivity index (χ1) is 11.5. The van der Waals surface area contributed by atoms with Gasteiger partial charge in [0, 0.05) is 45.4 Å². The van der Waals surface area contributed by atoms with Crippen molar-refractivity contribution in [2.45, 2.75) is 12.6 Å². The van der Waals surface area contributed by atoms with Gasteiger partial charge in [-0.25, -0.2) is 4.98 Å². The van der Waals surface area contributed by atoms with Crippen molar-refractivity contribution in [1.82, 2.24) is 14.9 Å².